The largest absolute Gasteiger partial charge is 0.487 e. The summed E-state index contributed by atoms with van der Waals surface area (Å²) in [5.41, 5.74) is 7.74. The molecule has 1 aliphatic heterocycles. The fourth-order valence-electron chi connectivity index (χ4n) is 4.16. The van der Waals surface area contributed by atoms with Crippen molar-refractivity contribution < 1.29 is 28.6 Å². The molecule has 1 aromatic heterocycles. The average Bonchev–Trinajstić information content (AvgIpc) is 3.63. The molecule has 180 valence electrons. The Morgan fingerprint density at radius 1 is 1.24 bits per heavy atom. The molecule has 0 spiro atoms. The summed E-state index contributed by atoms with van der Waals surface area (Å²) in [7, 11) is 0. The van der Waals surface area contributed by atoms with Crippen LogP contribution in [0.2, 0.25) is 0 Å². The molecule has 4 rings (SSSR count). The quantitative estimate of drug-likeness (QED) is 0.560. The van der Waals surface area contributed by atoms with Crippen molar-refractivity contribution >= 4 is 23.5 Å². The van der Waals surface area contributed by atoms with E-state index < -0.39 is 42.5 Å². The van der Waals surface area contributed by atoms with Crippen molar-refractivity contribution in [3.05, 3.63) is 42.1 Å². The number of hydrogen-bond acceptors (Lipinski definition) is 6. The van der Waals surface area contributed by atoms with Crippen molar-refractivity contribution in [2.75, 3.05) is 25.0 Å². The summed E-state index contributed by atoms with van der Waals surface area (Å²) < 4.78 is 20.5. The minimum absolute atomic E-state index is 0.103. The number of amides is 3. The Bertz CT molecular complexity index is 1110. The summed E-state index contributed by atoms with van der Waals surface area (Å²) in [5, 5.41) is 11.7. The number of nitrogens with one attached hydrogen (secondary N) is 1. The van der Waals surface area contributed by atoms with Gasteiger partial charge in [-0.15, -0.1) is 0 Å². The second-order valence-electron chi connectivity index (χ2n) is 8.71. The smallest absolute Gasteiger partial charge is 0.248 e. The zero-order valence-electron chi connectivity index (χ0n) is 18.7. The van der Waals surface area contributed by atoms with Gasteiger partial charge in [0.1, 0.15) is 24.3 Å². The molecule has 2 aromatic rings. The standard InChI is InChI=1S/C24H27FN4O5/c1-13-8-14(2-3-19(13)34-20-5-7-29(11-18(20)25)22(31)12-30)15-4-6-27-21(9-15)28-24(33)17-10-16(17)23(26)32/h2-4,6,8-9,16-18,20,30H,5,7,10-12H2,1H3,(H2,26,32)(H,27,28,33)/t16-,17-,18-,20+/m1/s1. The first-order valence-electron chi connectivity index (χ1n) is 11.1. The van der Waals surface area contributed by atoms with Crippen LogP contribution < -0.4 is 15.8 Å². The van der Waals surface area contributed by atoms with Gasteiger partial charge in [-0.25, -0.2) is 9.37 Å². The molecule has 9 nitrogen and oxygen atoms in total. The van der Waals surface area contributed by atoms with Crippen LogP contribution in [0.4, 0.5) is 10.2 Å². The number of piperidine rings is 1. The van der Waals surface area contributed by atoms with Crippen LogP contribution in [0.5, 0.6) is 5.75 Å². The number of aryl methyl sites for hydroxylation is 1. The predicted octanol–water partition coefficient (Wildman–Crippen LogP) is 1.43. The number of primary amides is 1. The van der Waals surface area contributed by atoms with E-state index in [2.05, 4.69) is 10.3 Å². The van der Waals surface area contributed by atoms with E-state index in [4.69, 9.17) is 15.6 Å². The van der Waals surface area contributed by atoms with Gasteiger partial charge in [-0.2, -0.15) is 0 Å². The maximum absolute atomic E-state index is 14.6. The lowest BCUT2D eigenvalue weighted by Gasteiger charge is -2.34. The number of aliphatic hydroxyl groups excluding tert-OH is 1. The van der Waals surface area contributed by atoms with E-state index in [1.807, 2.05) is 19.1 Å². The highest BCUT2D eigenvalue weighted by Gasteiger charge is 2.47. The summed E-state index contributed by atoms with van der Waals surface area (Å²) in [5.74, 6) is -1.13. The third kappa shape index (κ3) is 5.17. The molecule has 2 heterocycles. The third-order valence-electron chi connectivity index (χ3n) is 6.26. The summed E-state index contributed by atoms with van der Waals surface area (Å²) in [4.78, 5) is 40.5. The van der Waals surface area contributed by atoms with E-state index in [-0.39, 0.29) is 12.5 Å². The summed E-state index contributed by atoms with van der Waals surface area (Å²) in [6.07, 6.45) is 0.340. The Balaban J connectivity index is 1.40. The number of rotatable bonds is 7. The fraction of sp³-hybridized carbons (Fsp3) is 0.417. The molecule has 2 aliphatic rings. The molecule has 2 fully saturated rings. The van der Waals surface area contributed by atoms with Crippen LogP contribution in [-0.4, -0.2) is 64.7 Å². The third-order valence-corrected chi connectivity index (χ3v) is 6.26. The van der Waals surface area contributed by atoms with Gasteiger partial charge in [0.2, 0.25) is 17.7 Å². The number of aliphatic hydroxyl groups is 1. The Morgan fingerprint density at radius 3 is 2.65 bits per heavy atom. The van der Waals surface area contributed by atoms with Crippen LogP contribution in [0, 0.1) is 18.8 Å². The van der Waals surface area contributed by atoms with E-state index in [0.717, 1.165) is 16.7 Å². The summed E-state index contributed by atoms with van der Waals surface area (Å²) >= 11 is 0. The fourth-order valence-corrected chi connectivity index (χ4v) is 4.16. The Morgan fingerprint density at radius 2 is 2.00 bits per heavy atom. The number of likely N-dealkylation sites (tertiary alicyclic amines) is 1. The van der Waals surface area contributed by atoms with Gasteiger partial charge in [0, 0.05) is 19.2 Å². The van der Waals surface area contributed by atoms with Gasteiger partial charge in [0.25, 0.3) is 0 Å². The highest BCUT2D eigenvalue weighted by Crippen LogP contribution is 2.39. The van der Waals surface area contributed by atoms with Gasteiger partial charge >= 0.3 is 0 Å². The maximum atomic E-state index is 14.6. The number of nitrogens with two attached hydrogens (primary N) is 1. The predicted molar refractivity (Wildman–Crippen MR) is 121 cm³/mol. The van der Waals surface area contributed by atoms with Crippen molar-refractivity contribution in [1.82, 2.24) is 9.88 Å². The summed E-state index contributed by atoms with van der Waals surface area (Å²) in [6, 6.07) is 9.05. The average molecular weight is 471 g/mol. The number of carbonyl (C=O) groups is 3. The molecule has 1 aliphatic carbocycles. The number of nitrogens with zero attached hydrogens (tertiary/aromatic N) is 2. The lowest BCUT2D eigenvalue weighted by molar-refractivity contribution is -0.138. The van der Waals surface area contributed by atoms with Crippen LogP contribution in [0.1, 0.15) is 18.4 Å². The number of halogens is 1. The van der Waals surface area contributed by atoms with Crippen LogP contribution in [0.3, 0.4) is 0 Å². The first-order chi connectivity index (χ1) is 16.3. The Labute approximate surface area is 196 Å². The number of ether oxygens (including phenoxy) is 1. The number of carbonyl (C=O) groups excluding carboxylic acids is 3. The first-order valence-corrected chi connectivity index (χ1v) is 11.1. The van der Waals surface area contributed by atoms with Gasteiger partial charge in [-0.1, -0.05) is 6.07 Å². The van der Waals surface area contributed by atoms with Crippen LogP contribution >= 0.6 is 0 Å². The minimum Gasteiger partial charge on any atom is -0.487 e. The highest BCUT2D eigenvalue weighted by molar-refractivity contribution is 5.99. The molecule has 4 N–H and O–H groups in total. The lowest BCUT2D eigenvalue weighted by atomic mass is 10.0. The monoisotopic (exact) mass is 470 g/mol. The van der Waals surface area contributed by atoms with Crippen molar-refractivity contribution in [2.24, 2.45) is 17.6 Å². The lowest BCUT2D eigenvalue weighted by Crippen LogP contribution is -2.50. The second-order valence-corrected chi connectivity index (χ2v) is 8.71. The molecule has 0 radical (unpaired) electrons. The molecule has 10 heteroatoms. The van der Waals surface area contributed by atoms with Gasteiger partial charge in [-0.3, -0.25) is 14.4 Å². The van der Waals surface area contributed by atoms with E-state index in [0.29, 0.717) is 31.0 Å². The number of pyridine rings is 1. The van der Waals surface area contributed by atoms with E-state index in [9.17, 15) is 18.8 Å². The van der Waals surface area contributed by atoms with Crippen molar-refractivity contribution in [2.45, 2.75) is 32.0 Å². The van der Waals surface area contributed by atoms with E-state index >= 15 is 0 Å². The number of alkyl halides is 1. The van der Waals surface area contributed by atoms with Crippen molar-refractivity contribution in [1.29, 1.82) is 0 Å². The molecule has 1 saturated carbocycles. The number of anilines is 1. The van der Waals surface area contributed by atoms with Crippen LogP contribution in [-0.2, 0) is 14.4 Å². The minimum atomic E-state index is -1.35. The first kappa shape index (κ1) is 23.6. The zero-order chi connectivity index (χ0) is 24.4. The molecular formula is C24H27FN4O5. The van der Waals surface area contributed by atoms with Gasteiger partial charge in [0.15, 0.2) is 6.17 Å². The molecule has 4 atom stereocenters. The highest BCUT2D eigenvalue weighted by atomic mass is 19.1. The van der Waals surface area contributed by atoms with E-state index in [1.165, 1.54) is 4.90 Å². The molecule has 0 unspecified atom stereocenters. The van der Waals surface area contributed by atoms with Gasteiger partial charge in [0.05, 0.1) is 18.4 Å². The topological polar surface area (TPSA) is 135 Å². The van der Waals surface area contributed by atoms with Gasteiger partial charge < -0.3 is 25.8 Å². The summed E-state index contributed by atoms with van der Waals surface area (Å²) in [6.45, 7) is 1.45. The SMILES string of the molecule is Cc1cc(-c2ccnc(NC(=O)[C@@H]3C[C@H]3C(N)=O)c2)ccc1O[C@H]1CCN(C(=O)CO)C[C@H]1F. The molecule has 0 bridgehead atoms. The van der Waals surface area contributed by atoms with Crippen LogP contribution in [0.15, 0.2) is 36.5 Å². The molecule has 1 saturated heterocycles. The number of benzene rings is 1. The molecule has 34 heavy (non-hydrogen) atoms. The normalized spacial score (nSPS) is 23.8. The number of aromatic nitrogens is 1. The number of hydrogen-bond donors (Lipinski definition) is 3. The second kappa shape index (κ2) is 9.76. The Kier molecular flexibility index (Phi) is 6.78. The molecule has 1 aromatic carbocycles. The Hall–Kier alpha value is -3.53. The molecule has 3 amide bonds. The molecular weight excluding hydrogens is 443 g/mol. The van der Waals surface area contributed by atoms with Crippen molar-refractivity contribution in [3.63, 3.8) is 0 Å². The zero-order valence-corrected chi connectivity index (χ0v) is 18.7. The van der Waals surface area contributed by atoms with E-state index in [1.54, 1.807) is 24.4 Å². The van der Waals surface area contributed by atoms with Crippen LogP contribution in [0.25, 0.3) is 11.1 Å². The van der Waals surface area contributed by atoms with Gasteiger partial charge in [-0.05, 0) is 54.3 Å². The maximum Gasteiger partial charge on any atom is 0.248 e. The van der Waals surface area contributed by atoms with Crippen molar-refractivity contribution in [3.8, 4) is 16.9 Å².